The lowest BCUT2D eigenvalue weighted by Crippen LogP contribution is -2.49. The molecule has 1 aliphatic heterocycles. The summed E-state index contributed by atoms with van der Waals surface area (Å²) >= 11 is 0. The van der Waals surface area contributed by atoms with Crippen molar-refractivity contribution in [3.05, 3.63) is 42.7 Å². The van der Waals surface area contributed by atoms with Gasteiger partial charge in [0, 0.05) is 51.0 Å². The van der Waals surface area contributed by atoms with Gasteiger partial charge in [-0.05, 0) is 12.1 Å². The number of hydrogen-bond donors (Lipinski definition) is 0. The molecule has 7 nitrogen and oxygen atoms in total. The van der Waals surface area contributed by atoms with Crippen LogP contribution in [0.25, 0.3) is 0 Å². The lowest BCUT2D eigenvalue weighted by atomic mass is 10.3. The van der Waals surface area contributed by atoms with Gasteiger partial charge in [-0.25, -0.2) is 19.9 Å². The maximum atomic E-state index is 12.2. The highest BCUT2D eigenvalue weighted by Gasteiger charge is 2.24. The summed E-state index contributed by atoms with van der Waals surface area (Å²) in [6.45, 7) is 2.66. The van der Waals surface area contributed by atoms with E-state index in [1.54, 1.807) is 41.8 Å². The van der Waals surface area contributed by atoms with Gasteiger partial charge in [0.25, 0.3) is 5.91 Å². The van der Waals surface area contributed by atoms with Gasteiger partial charge < -0.3 is 9.80 Å². The molecule has 2 aromatic heterocycles. The third-order valence-corrected chi connectivity index (χ3v) is 3.16. The quantitative estimate of drug-likeness (QED) is 0.777. The van der Waals surface area contributed by atoms with E-state index in [2.05, 4.69) is 24.8 Å². The number of aromatic nitrogens is 4. The molecule has 1 amide bonds. The number of carbonyl (C=O) groups excluding carboxylic acids is 1. The van der Waals surface area contributed by atoms with Crippen LogP contribution in [-0.4, -0.2) is 56.9 Å². The molecule has 0 N–H and O–H groups in total. The zero-order valence-corrected chi connectivity index (χ0v) is 10.9. The van der Waals surface area contributed by atoms with Crippen LogP contribution in [0.4, 0.5) is 5.95 Å². The largest absolute Gasteiger partial charge is 0.337 e. The van der Waals surface area contributed by atoms with Crippen LogP contribution in [0, 0.1) is 0 Å². The van der Waals surface area contributed by atoms with Crippen molar-refractivity contribution in [2.45, 2.75) is 0 Å². The van der Waals surface area contributed by atoms with Crippen molar-refractivity contribution in [2.75, 3.05) is 31.1 Å². The lowest BCUT2D eigenvalue weighted by molar-refractivity contribution is 0.0734. The number of hydrogen-bond acceptors (Lipinski definition) is 6. The monoisotopic (exact) mass is 270 g/mol. The van der Waals surface area contributed by atoms with Gasteiger partial charge in [0.1, 0.15) is 0 Å². The Morgan fingerprint density at radius 1 is 0.850 bits per heavy atom. The van der Waals surface area contributed by atoms with Crippen LogP contribution < -0.4 is 4.90 Å². The van der Waals surface area contributed by atoms with Gasteiger partial charge in [-0.2, -0.15) is 0 Å². The fourth-order valence-electron chi connectivity index (χ4n) is 2.12. The first-order valence-electron chi connectivity index (χ1n) is 6.43. The molecular weight excluding hydrogens is 256 g/mol. The lowest BCUT2D eigenvalue weighted by Gasteiger charge is -2.34. The van der Waals surface area contributed by atoms with Crippen molar-refractivity contribution in [3.8, 4) is 0 Å². The fraction of sp³-hybridized carbons (Fsp3) is 0.308. The van der Waals surface area contributed by atoms with Crippen molar-refractivity contribution < 1.29 is 4.79 Å². The predicted octanol–water partition coefficient (Wildman–Crippen LogP) is 0.229. The maximum absolute atomic E-state index is 12.2. The summed E-state index contributed by atoms with van der Waals surface area (Å²) in [5, 5.41) is 0. The zero-order chi connectivity index (χ0) is 13.8. The molecular formula is C13H14N6O. The minimum Gasteiger partial charge on any atom is -0.337 e. The molecule has 1 fully saturated rings. The Bertz CT molecular complexity index is 568. The Morgan fingerprint density at radius 2 is 1.40 bits per heavy atom. The van der Waals surface area contributed by atoms with E-state index in [-0.39, 0.29) is 11.7 Å². The number of piperazine rings is 1. The van der Waals surface area contributed by atoms with Gasteiger partial charge in [-0.3, -0.25) is 4.79 Å². The van der Waals surface area contributed by atoms with Crippen LogP contribution in [0.15, 0.2) is 36.9 Å². The Hall–Kier alpha value is -2.57. The molecule has 3 heterocycles. The maximum Gasteiger partial charge on any atom is 0.291 e. The molecule has 0 atom stereocenters. The third-order valence-electron chi connectivity index (χ3n) is 3.16. The smallest absolute Gasteiger partial charge is 0.291 e. The van der Waals surface area contributed by atoms with Crippen molar-refractivity contribution in [1.82, 2.24) is 24.8 Å². The highest BCUT2D eigenvalue weighted by Crippen LogP contribution is 2.10. The zero-order valence-electron chi connectivity index (χ0n) is 10.9. The summed E-state index contributed by atoms with van der Waals surface area (Å²) in [5.41, 5.74) is 0. The minimum absolute atomic E-state index is 0.126. The number of amides is 1. The Kier molecular flexibility index (Phi) is 3.49. The van der Waals surface area contributed by atoms with Crippen LogP contribution in [0.2, 0.25) is 0 Å². The second-order valence-corrected chi connectivity index (χ2v) is 4.40. The van der Waals surface area contributed by atoms with E-state index < -0.39 is 0 Å². The highest BCUT2D eigenvalue weighted by atomic mass is 16.2. The van der Waals surface area contributed by atoms with Crippen LogP contribution in [0.5, 0.6) is 0 Å². The SMILES string of the molecule is O=C(c1ncccn1)N1CCN(c2ncccn2)CC1. The van der Waals surface area contributed by atoms with E-state index in [0.717, 1.165) is 0 Å². The second kappa shape index (κ2) is 5.60. The molecule has 0 aliphatic carbocycles. The average Bonchev–Trinajstić information content (AvgIpc) is 2.56. The van der Waals surface area contributed by atoms with Gasteiger partial charge in [-0.1, -0.05) is 0 Å². The number of nitrogens with zero attached hydrogens (tertiary/aromatic N) is 6. The van der Waals surface area contributed by atoms with Crippen molar-refractivity contribution in [2.24, 2.45) is 0 Å². The molecule has 0 spiro atoms. The van der Waals surface area contributed by atoms with E-state index in [1.165, 1.54) is 0 Å². The van der Waals surface area contributed by atoms with Gasteiger partial charge in [0.05, 0.1) is 0 Å². The van der Waals surface area contributed by atoms with Crippen molar-refractivity contribution >= 4 is 11.9 Å². The number of rotatable bonds is 2. The van der Waals surface area contributed by atoms with Crippen LogP contribution in [-0.2, 0) is 0 Å². The molecule has 3 rings (SSSR count). The Morgan fingerprint density at radius 3 is 2.00 bits per heavy atom. The molecule has 20 heavy (non-hydrogen) atoms. The first-order chi connectivity index (χ1) is 9.84. The highest BCUT2D eigenvalue weighted by molar-refractivity contribution is 5.90. The Labute approximate surface area is 116 Å². The van der Waals surface area contributed by atoms with E-state index in [1.807, 2.05) is 0 Å². The first-order valence-corrected chi connectivity index (χ1v) is 6.43. The molecule has 1 saturated heterocycles. The van der Waals surface area contributed by atoms with E-state index in [9.17, 15) is 4.79 Å². The Balaban J connectivity index is 1.63. The third kappa shape index (κ3) is 2.56. The topological polar surface area (TPSA) is 75.1 Å². The summed E-state index contributed by atoms with van der Waals surface area (Å²) in [4.78, 5) is 32.4. The molecule has 0 radical (unpaired) electrons. The predicted molar refractivity (Wildman–Crippen MR) is 72.2 cm³/mol. The van der Waals surface area contributed by atoms with Crippen LogP contribution in [0.3, 0.4) is 0 Å². The molecule has 7 heteroatoms. The molecule has 1 aliphatic rings. The van der Waals surface area contributed by atoms with Gasteiger partial charge in [0.2, 0.25) is 11.8 Å². The summed E-state index contributed by atoms with van der Waals surface area (Å²) in [5.74, 6) is 0.826. The molecule has 2 aromatic rings. The average molecular weight is 270 g/mol. The summed E-state index contributed by atoms with van der Waals surface area (Å²) in [6, 6.07) is 3.48. The molecule has 102 valence electrons. The molecule has 0 saturated carbocycles. The molecule has 0 unspecified atom stereocenters. The van der Waals surface area contributed by atoms with Gasteiger partial charge >= 0.3 is 0 Å². The number of carbonyl (C=O) groups is 1. The normalized spacial score (nSPS) is 15.2. The van der Waals surface area contributed by atoms with Gasteiger partial charge in [-0.15, -0.1) is 0 Å². The fourth-order valence-corrected chi connectivity index (χ4v) is 2.12. The van der Waals surface area contributed by atoms with Crippen LogP contribution in [0.1, 0.15) is 10.6 Å². The van der Waals surface area contributed by atoms with Gasteiger partial charge in [0.15, 0.2) is 0 Å². The summed E-state index contributed by atoms with van der Waals surface area (Å²) in [6.07, 6.45) is 6.60. The standard InChI is InChI=1S/C13H14N6O/c20-12(11-14-3-1-4-15-11)18-7-9-19(10-8-18)13-16-5-2-6-17-13/h1-6H,7-10H2. The van der Waals surface area contributed by atoms with E-state index >= 15 is 0 Å². The van der Waals surface area contributed by atoms with E-state index in [4.69, 9.17) is 0 Å². The molecule has 0 bridgehead atoms. The minimum atomic E-state index is -0.126. The number of anilines is 1. The van der Waals surface area contributed by atoms with E-state index in [0.29, 0.717) is 32.1 Å². The van der Waals surface area contributed by atoms with Crippen molar-refractivity contribution in [3.63, 3.8) is 0 Å². The first kappa shape index (κ1) is 12.5. The second-order valence-electron chi connectivity index (χ2n) is 4.40. The van der Waals surface area contributed by atoms with Crippen molar-refractivity contribution in [1.29, 1.82) is 0 Å². The summed E-state index contributed by atoms with van der Waals surface area (Å²) in [7, 11) is 0. The summed E-state index contributed by atoms with van der Waals surface area (Å²) < 4.78 is 0. The van der Waals surface area contributed by atoms with Crippen LogP contribution >= 0.6 is 0 Å². The molecule has 0 aromatic carbocycles.